The molecule has 146 valence electrons. The summed E-state index contributed by atoms with van der Waals surface area (Å²) in [5, 5.41) is 12.1. The first-order chi connectivity index (χ1) is 12.7. The number of carbonyl (C=O) groups excluding carboxylic acids is 2. The minimum Gasteiger partial charge on any atom is -0.544 e. The average Bonchev–Trinajstić information content (AvgIpc) is 2.62. The summed E-state index contributed by atoms with van der Waals surface area (Å²) < 4.78 is 42.5. The highest BCUT2D eigenvalue weighted by Gasteiger charge is 2.46. The second-order valence-corrected chi connectivity index (χ2v) is 6.25. The van der Waals surface area contributed by atoms with E-state index in [2.05, 4.69) is 0 Å². The van der Waals surface area contributed by atoms with Crippen LogP contribution in [0.5, 0.6) is 5.75 Å². The lowest BCUT2D eigenvalue weighted by Crippen LogP contribution is -2.53. The molecule has 0 heterocycles. The molecule has 0 aliphatic heterocycles. The number of hydrogen-bond acceptors (Lipinski definition) is 6. The first-order valence-corrected chi connectivity index (χ1v) is 8.12. The van der Waals surface area contributed by atoms with Crippen LogP contribution in [0.3, 0.4) is 0 Å². The Balaban J connectivity index is 2.24. The van der Waals surface area contributed by atoms with E-state index in [1.807, 2.05) is 0 Å². The summed E-state index contributed by atoms with van der Waals surface area (Å²) in [7, 11) is 1.49. The zero-order valence-electron chi connectivity index (χ0n) is 15.0. The van der Waals surface area contributed by atoms with Crippen molar-refractivity contribution in [2.45, 2.75) is 25.9 Å². The molecule has 0 aromatic heterocycles. The van der Waals surface area contributed by atoms with E-state index in [0.717, 1.165) is 5.39 Å². The smallest absolute Gasteiger partial charge is 0.338 e. The van der Waals surface area contributed by atoms with Gasteiger partial charge < -0.3 is 24.1 Å². The second kappa shape index (κ2) is 8.30. The van der Waals surface area contributed by atoms with Crippen LogP contribution in [0.4, 0.5) is 8.78 Å². The van der Waals surface area contributed by atoms with Gasteiger partial charge in [0, 0.05) is 7.11 Å². The number of fused-ring (bicyclic) bond motifs is 1. The molecule has 27 heavy (non-hydrogen) atoms. The fraction of sp³-hybridized carbons (Fsp3) is 0.368. The largest absolute Gasteiger partial charge is 0.544 e. The molecule has 0 amide bonds. The van der Waals surface area contributed by atoms with Crippen molar-refractivity contribution in [3.05, 3.63) is 42.0 Å². The Morgan fingerprint density at radius 3 is 2.33 bits per heavy atom. The van der Waals surface area contributed by atoms with Gasteiger partial charge in [0.25, 0.3) is 0 Å². The van der Waals surface area contributed by atoms with Crippen LogP contribution in [0.25, 0.3) is 10.8 Å². The van der Waals surface area contributed by atoms with E-state index in [1.54, 1.807) is 24.3 Å². The van der Waals surface area contributed by atoms with Gasteiger partial charge in [-0.3, -0.25) is 0 Å². The van der Waals surface area contributed by atoms with Crippen molar-refractivity contribution in [2.75, 3.05) is 13.9 Å². The fourth-order valence-corrected chi connectivity index (χ4v) is 2.50. The topological polar surface area (TPSA) is 84.9 Å². The van der Waals surface area contributed by atoms with Gasteiger partial charge in [-0.25, -0.2) is 4.79 Å². The van der Waals surface area contributed by atoms with Gasteiger partial charge >= 0.3 is 11.9 Å². The van der Waals surface area contributed by atoms with Crippen LogP contribution in [-0.4, -0.2) is 37.9 Å². The number of benzene rings is 2. The number of carboxylic acids is 1. The summed E-state index contributed by atoms with van der Waals surface area (Å²) in [5.41, 5.74) is 0.0212. The predicted molar refractivity (Wildman–Crippen MR) is 90.4 cm³/mol. The lowest BCUT2D eigenvalue weighted by molar-refractivity contribution is -0.337. The molecule has 6 nitrogen and oxygen atoms in total. The molecule has 2 rings (SSSR count). The maximum atomic E-state index is 13.8. The Morgan fingerprint density at radius 2 is 1.74 bits per heavy atom. The van der Waals surface area contributed by atoms with Crippen LogP contribution in [0.1, 0.15) is 24.2 Å². The van der Waals surface area contributed by atoms with Gasteiger partial charge in [-0.05, 0) is 41.0 Å². The van der Waals surface area contributed by atoms with Crippen molar-refractivity contribution in [3.63, 3.8) is 0 Å². The highest BCUT2D eigenvalue weighted by atomic mass is 19.3. The molecule has 0 N–H and O–H groups in total. The normalized spacial score (nSPS) is 12.8. The van der Waals surface area contributed by atoms with Gasteiger partial charge in [0.1, 0.15) is 11.7 Å². The summed E-state index contributed by atoms with van der Waals surface area (Å²) in [6.45, 7) is 2.74. The Kier molecular flexibility index (Phi) is 6.32. The molecule has 0 spiro atoms. The van der Waals surface area contributed by atoms with Crippen LogP contribution in [0.2, 0.25) is 0 Å². The van der Waals surface area contributed by atoms with E-state index in [4.69, 9.17) is 14.2 Å². The molecule has 2 aromatic carbocycles. The SMILES string of the molecule is COCOc1ccc2cc(C(=O)OC(C(C)C)C(F)(F)C(=O)[O-])ccc2c1. The quantitative estimate of drug-likeness (QED) is 0.516. The zero-order chi connectivity index (χ0) is 20.2. The van der Waals surface area contributed by atoms with Crippen LogP contribution in [-0.2, 0) is 14.3 Å². The third-order valence-corrected chi connectivity index (χ3v) is 3.86. The zero-order valence-corrected chi connectivity index (χ0v) is 15.0. The third-order valence-electron chi connectivity index (χ3n) is 3.86. The second-order valence-electron chi connectivity index (χ2n) is 6.25. The van der Waals surface area contributed by atoms with Crippen LogP contribution >= 0.6 is 0 Å². The van der Waals surface area contributed by atoms with Gasteiger partial charge in [-0.2, -0.15) is 8.78 Å². The third kappa shape index (κ3) is 4.71. The fourth-order valence-electron chi connectivity index (χ4n) is 2.50. The number of esters is 1. The number of hydrogen-bond donors (Lipinski definition) is 0. The molecule has 0 bridgehead atoms. The van der Waals surface area contributed by atoms with E-state index < -0.39 is 29.9 Å². The molecule has 0 saturated carbocycles. The monoisotopic (exact) mass is 381 g/mol. The lowest BCUT2D eigenvalue weighted by Gasteiger charge is -2.30. The van der Waals surface area contributed by atoms with Crippen molar-refractivity contribution >= 4 is 22.7 Å². The first kappa shape index (κ1) is 20.6. The number of aliphatic carboxylic acids is 1. The Bertz CT molecular complexity index is 834. The minimum absolute atomic E-state index is 0.0212. The van der Waals surface area contributed by atoms with Crippen molar-refractivity contribution in [2.24, 2.45) is 5.92 Å². The van der Waals surface area contributed by atoms with E-state index in [0.29, 0.717) is 11.1 Å². The molecular formula is C19H19F2O6-. The van der Waals surface area contributed by atoms with Gasteiger partial charge in [0.05, 0.1) is 5.56 Å². The summed E-state index contributed by atoms with van der Waals surface area (Å²) in [4.78, 5) is 23.0. The van der Waals surface area contributed by atoms with E-state index in [-0.39, 0.29) is 12.4 Å². The minimum atomic E-state index is -4.30. The molecule has 1 unspecified atom stereocenters. The van der Waals surface area contributed by atoms with Crippen LogP contribution in [0, 0.1) is 5.92 Å². The highest BCUT2D eigenvalue weighted by Crippen LogP contribution is 2.28. The Labute approximate surface area is 154 Å². The summed E-state index contributed by atoms with van der Waals surface area (Å²) in [5.74, 6) is -8.29. The average molecular weight is 381 g/mol. The summed E-state index contributed by atoms with van der Waals surface area (Å²) >= 11 is 0. The standard InChI is InChI=1S/C19H20F2O6/c1-11(2)16(19(20,21)18(23)24)27-17(22)14-5-4-13-9-15(26-10-25-3)7-6-12(13)8-14/h4-9,11,16H,10H2,1-3H3,(H,23,24)/p-1. The number of carbonyl (C=O) groups is 2. The number of rotatable bonds is 8. The van der Waals surface area contributed by atoms with E-state index in [9.17, 15) is 23.5 Å². The predicted octanol–water partition coefficient (Wildman–Crippen LogP) is 2.39. The summed E-state index contributed by atoms with van der Waals surface area (Å²) in [6, 6.07) is 9.55. The Morgan fingerprint density at radius 1 is 1.11 bits per heavy atom. The van der Waals surface area contributed by atoms with Crippen LogP contribution in [0.15, 0.2) is 36.4 Å². The Hall–Kier alpha value is -2.74. The van der Waals surface area contributed by atoms with E-state index >= 15 is 0 Å². The van der Waals surface area contributed by atoms with Crippen molar-refractivity contribution in [1.29, 1.82) is 0 Å². The lowest BCUT2D eigenvalue weighted by atomic mass is 10.0. The number of ether oxygens (including phenoxy) is 3. The molecular weight excluding hydrogens is 362 g/mol. The van der Waals surface area contributed by atoms with Gasteiger partial charge in [0.2, 0.25) is 0 Å². The van der Waals surface area contributed by atoms with E-state index in [1.165, 1.54) is 33.1 Å². The summed E-state index contributed by atoms with van der Waals surface area (Å²) in [6.07, 6.45) is -2.14. The van der Waals surface area contributed by atoms with Crippen molar-refractivity contribution in [3.8, 4) is 5.75 Å². The number of halogens is 2. The first-order valence-electron chi connectivity index (χ1n) is 8.12. The maximum Gasteiger partial charge on any atom is 0.338 e. The molecule has 0 fully saturated rings. The molecule has 0 aliphatic rings. The molecule has 0 saturated heterocycles. The van der Waals surface area contributed by atoms with Gasteiger partial charge in [0.15, 0.2) is 12.9 Å². The number of carboxylic acid groups (broad SMARTS) is 1. The van der Waals surface area contributed by atoms with Gasteiger partial charge in [-0.15, -0.1) is 0 Å². The van der Waals surface area contributed by atoms with Crippen molar-refractivity contribution < 1.29 is 37.7 Å². The highest BCUT2D eigenvalue weighted by molar-refractivity contribution is 5.96. The van der Waals surface area contributed by atoms with Gasteiger partial charge in [-0.1, -0.05) is 26.0 Å². The molecule has 0 radical (unpaired) electrons. The maximum absolute atomic E-state index is 13.8. The number of alkyl halides is 2. The molecule has 0 aliphatic carbocycles. The molecule has 8 heteroatoms. The molecule has 1 atom stereocenters. The van der Waals surface area contributed by atoms with Crippen molar-refractivity contribution in [1.82, 2.24) is 0 Å². The number of methoxy groups -OCH3 is 1. The van der Waals surface area contributed by atoms with Crippen LogP contribution < -0.4 is 9.84 Å². The molecule has 2 aromatic rings.